The van der Waals surface area contributed by atoms with Crippen molar-refractivity contribution in [2.24, 2.45) is 0 Å². The summed E-state index contributed by atoms with van der Waals surface area (Å²) in [6.45, 7) is 4.53. The quantitative estimate of drug-likeness (QED) is 0.905. The molecule has 1 aromatic carbocycles. The molecule has 106 valence electrons. The van der Waals surface area contributed by atoms with Gasteiger partial charge in [0.25, 0.3) is 5.91 Å². The molecule has 1 amide bonds. The lowest BCUT2D eigenvalue weighted by molar-refractivity contribution is 0.0954. The molecule has 2 rings (SSSR count). The Morgan fingerprint density at radius 1 is 1.35 bits per heavy atom. The van der Waals surface area contributed by atoms with E-state index in [0.29, 0.717) is 18.5 Å². The monoisotopic (exact) mass is 337 g/mol. The molecular formula is C13H16BrN5O. The number of amides is 1. The van der Waals surface area contributed by atoms with Gasteiger partial charge in [-0.1, -0.05) is 15.9 Å². The maximum Gasteiger partial charge on any atom is 0.251 e. The molecule has 1 aromatic heterocycles. The summed E-state index contributed by atoms with van der Waals surface area (Å²) < 4.78 is 2.70. The molecule has 0 aliphatic carbocycles. The third kappa shape index (κ3) is 3.63. The van der Waals surface area contributed by atoms with E-state index in [1.54, 1.807) is 16.8 Å². The third-order valence-corrected chi connectivity index (χ3v) is 3.32. The van der Waals surface area contributed by atoms with Crippen LogP contribution in [0.4, 0.5) is 0 Å². The highest BCUT2D eigenvalue weighted by atomic mass is 79.9. The van der Waals surface area contributed by atoms with Crippen molar-refractivity contribution in [2.75, 3.05) is 6.54 Å². The normalized spacial score (nSPS) is 10.8. The molecule has 0 radical (unpaired) electrons. The lowest BCUT2D eigenvalue weighted by Crippen LogP contribution is -2.26. The van der Waals surface area contributed by atoms with Crippen LogP contribution in [0.15, 0.2) is 28.7 Å². The fourth-order valence-electron chi connectivity index (χ4n) is 1.77. The zero-order valence-corrected chi connectivity index (χ0v) is 13.0. The maximum absolute atomic E-state index is 11.9. The van der Waals surface area contributed by atoms with Gasteiger partial charge in [0.05, 0.1) is 6.04 Å². The maximum atomic E-state index is 11.9. The molecule has 0 saturated carbocycles. The zero-order chi connectivity index (χ0) is 14.5. The van der Waals surface area contributed by atoms with Gasteiger partial charge in [-0.15, -0.1) is 5.10 Å². The van der Waals surface area contributed by atoms with Crippen LogP contribution in [0.25, 0.3) is 0 Å². The minimum Gasteiger partial charge on any atom is -0.352 e. The van der Waals surface area contributed by atoms with E-state index >= 15 is 0 Å². The summed E-state index contributed by atoms with van der Waals surface area (Å²) in [5.74, 6) is 0.678. The van der Waals surface area contributed by atoms with Crippen molar-refractivity contribution in [1.82, 2.24) is 25.5 Å². The largest absolute Gasteiger partial charge is 0.352 e. The van der Waals surface area contributed by atoms with Gasteiger partial charge in [-0.25, -0.2) is 4.68 Å². The minimum atomic E-state index is -0.0962. The summed E-state index contributed by atoms with van der Waals surface area (Å²) in [7, 11) is 0. The molecule has 2 aromatic rings. The van der Waals surface area contributed by atoms with Crippen molar-refractivity contribution in [3.63, 3.8) is 0 Å². The van der Waals surface area contributed by atoms with Crippen LogP contribution in [0.1, 0.15) is 36.1 Å². The Labute approximate surface area is 125 Å². The first-order chi connectivity index (χ1) is 9.58. The standard InChI is InChI=1S/C13H16BrN5O/c1-9(2)19-12(16-17-18-19)7-8-15-13(20)10-3-5-11(14)6-4-10/h3-6,9H,7-8H2,1-2H3,(H,15,20). The highest BCUT2D eigenvalue weighted by molar-refractivity contribution is 9.10. The molecular weight excluding hydrogens is 322 g/mol. The Morgan fingerprint density at radius 3 is 2.70 bits per heavy atom. The lowest BCUT2D eigenvalue weighted by Gasteiger charge is -2.08. The van der Waals surface area contributed by atoms with Gasteiger partial charge in [-0.05, 0) is 48.5 Å². The van der Waals surface area contributed by atoms with Gasteiger partial charge in [0.15, 0.2) is 5.82 Å². The van der Waals surface area contributed by atoms with Crippen molar-refractivity contribution in [3.8, 4) is 0 Å². The topological polar surface area (TPSA) is 72.7 Å². The SMILES string of the molecule is CC(C)n1nnnc1CCNC(=O)c1ccc(Br)cc1. The van der Waals surface area contributed by atoms with E-state index in [1.165, 1.54) is 0 Å². The Morgan fingerprint density at radius 2 is 2.05 bits per heavy atom. The van der Waals surface area contributed by atoms with Crippen molar-refractivity contribution in [3.05, 3.63) is 40.1 Å². The van der Waals surface area contributed by atoms with Crippen molar-refractivity contribution in [1.29, 1.82) is 0 Å². The van der Waals surface area contributed by atoms with E-state index in [4.69, 9.17) is 0 Å². The van der Waals surface area contributed by atoms with Crippen LogP contribution in [0.3, 0.4) is 0 Å². The number of carbonyl (C=O) groups is 1. The van der Waals surface area contributed by atoms with Crippen LogP contribution in [-0.4, -0.2) is 32.7 Å². The van der Waals surface area contributed by atoms with Crippen LogP contribution >= 0.6 is 15.9 Å². The van der Waals surface area contributed by atoms with Gasteiger partial charge in [-0.3, -0.25) is 4.79 Å². The molecule has 0 saturated heterocycles. The fraction of sp³-hybridized carbons (Fsp3) is 0.385. The van der Waals surface area contributed by atoms with Crippen LogP contribution in [0.2, 0.25) is 0 Å². The van der Waals surface area contributed by atoms with E-state index in [2.05, 4.69) is 36.8 Å². The summed E-state index contributed by atoms with van der Waals surface area (Å²) >= 11 is 3.34. The second-order valence-corrected chi connectivity index (χ2v) is 5.56. The average molecular weight is 338 g/mol. The Hall–Kier alpha value is -1.76. The first-order valence-electron chi connectivity index (χ1n) is 6.38. The van der Waals surface area contributed by atoms with Crippen LogP contribution in [-0.2, 0) is 6.42 Å². The predicted octanol–water partition coefficient (Wildman–Crippen LogP) is 1.99. The molecule has 0 aliphatic rings. The fourth-order valence-corrected chi connectivity index (χ4v) is 2.03. The molecule has 0 unspecified atom stereocenters. The molecule has 20 heavy (non-hydrogen) atoms. The molecule has 0 bridgehead atoms. The number of halogens is 1. The van der Waals surface area contributed by atoms with E-state index < -0.39 is 0 Å². The Balaban J connectivity index is 1.88. The van der Waals surface area contributed by atoms with Crippen LogP contribution < -0.4 is 5.32 Å². The summed E-state index contributed by atoms with van der Waals surface area (Å²) in [4.78, 5) is 11.9. The summed E-state index contributed by atoms with van der Waals surface area (Å²) in [6.07, 6.45) is 0.605. The number of rotatable bonds is 5. The second-order valence-electron chi connectivity index (χ2n) is 4.65. The summed E-state index contributed by atoms with van der Waals surface area (Å²) in [6, 6.07) is 7.44. The number of hydrogen-bond donors (Lipinski definition) is 1. The molecule has 1 N–H and O–H groups in total. The third-order valence-electron chi connectivity index (χ3n) is 2.79. The molecule has 6 nitrogen and oxygen atoms in total. The number of benzene rings is 1. The summed E-state index contributed by atoms with van der Waals surface area (Å²) in [5, 5.41) is 14.4. The molecule has 7 heteroatoms. The summed E-state index contributed by atoms with van der Waals surface area (Å²) in [5.41, 5.74) is 0.636. The van der Waals surface area contributed by atoms with Gasteiger partial charge >= 0.3 is 0 Å². The van der Waals surface area contributed by atoms with Gasteiger partial charge < -0.3 is 5.32 Å². The molecule has 1 heterocycles. The van der Waals surface area contributed by atoms with Gasteiger partial charge in [0, 0.05) is 23.0 Å². The molecule has 0 spiro atoms. The van der Waals surface area contributed by atoms with Crippen molar-refractivity contribution in [2.45, 2.75) is 26.3 Å². The smallest absolute Gasteiger partial charge is 0.251 e. The van der Waals surface area contributed by atoms with E-state index in [9.17, 15) is 4.79 Å². The first kappa shape index (κ1) is 14.6. The van der Waals surface area contributed by atoms with Crippen LogP contribution in [0.5, 0.6) is 0 Å². The Kier molecular flexibility index (Phi) is 4.84. The minimum absolute atomic E-state index is 0.0962. The number of tetrazole rings is 1. The predicted molar refractivity (Wildman–Crippen MR) is 78.4 cm³/mol. The highest BCUT2D eigenvalue weighted by Gasteiger charge is 2.10. The van der Waals surface area contributed by atoms with Crippen LogP contribution in [0, 0.1) is 0 Å². The zero-order valence-electron chi connectivity index (χ0n) is 11.4. The van der Waals surface area contributed by atoms with Gasteiger partial charge in [-0.2, -0.15) is 0 Å². The van der Waals surface area contributed by atoms with E-state index in [1.807, 2.05) is 26.0 Å². The van der Waals surface area contributed by atoms with E-state index in [-0.39, 0.29) is 11.9 Å². The highest BCUT2D eigenvalue weighted by Crippen LogP contribution is 2.10. The van der Waals surface area contributed by atoms with E-state index in [0.717, 1.165) is 10.3 Å². The number of carbonyl (C=O) groups excluding carboxylic acids is 1. The Bertz CT molecular complexity index is 579. The van der Waals surface area contributed by atoms with Crippen molar-refractivity contribution >= 4 is 21.8 Å². The van der Waals surface area contributed by atoms with Crippen molar-refractivity contribution < 1.29 is 4.79 Å². The van der Waals surface area contributed by atoms with Gasteiger partial charge in [0.2, 0.25) is 0 Å². The van der Waals surface area contributed by atoms with Gasteiger partial charge in [0.1, 0.15) is 0 Å². The first-order valence-corrected chi connectivity index (χ1v) is 7.17. The second kappa shape index (κ2) is 6.60. The number of aromatic nitrogens is 4. The number of nitrogens with zero attached hydrogens (tertiary/aromatic N) is 4. The number of nitrogens with one attached hydrogen (secondary N) is 1. The molecule has 0 aliphatic heterocycles. The number of hydrogen-bond acceptors (Lipinski definition) is 4. The average Bonchev–Trinajstić information content (AvgIpc) is 2.88. The molecule has 0 fully saturated rings. The lowest BCUT2D eigenvalue weighted by atomic mass is 10.2. The molecule has 0 atom stereocenters.